The number of carbonyl (C=O) groups is 1. The minimum Gasteiger partial charge on any atom is -0.481 e. The van der Waals surface area contributed by atoms with Crippen molar-refractivity contribution < 1.29 is 23.1 Å². The molecule has 1 aliphatic carbocycles. The number of hydrogen-bond donors (Lipinski definition) is 1. The maximum Gasteiger partial charge on any atom is 0.422 e. The van der Waals surface area contributed by atoms with Gasteiger partial charge in [-0.25, -0.2) is 0 Å². The first-order chi connectivity index (χ1) is 6.58. The van der Waals surface area contributed by atoms with Gasteiger partial charge in [0.15, 0.2) is 0 Å². The van der Waals surface area contributed by atoms with Crippen LogP contribution in [0.2, 0.25) is 0 Å². The quantitative estimate of drug-likeness (QED) is 0.847. The predicted molar refractivity (Wildman–Crippen MR) is 51.5 cm³/mol. The number of rotatable bonds is 2. The van der Waals surface area contributed by atoms with Gasteiger partial charge in [0, 0.05) is 0 Å². The molecule has 2 atom stereocenters. The maximum absolute atomic E-state index is 12.2. The molecule has 86 valence electrons. The Bertz CT molecular complexity index is 320. The summed E-state index contributed by atoms with van der Waals surface area (Å²) in [5, 5.41) is 8.75. The van der Waals surface area contributed by atoms with Crippen molar-refractivity contribution in [2.24, 2.45) is 17.3 Å². The van der Waals surface area contributed by atoms with Gasteiger partial charge in [0.2, 0.25) is 0 Å². The molecule has 0 radical (unpaired) electrons. The molecule has 0 bridgehead atoms. The Morgan fingerprint density at radius 1 is 1.47 bits per heavy atom. The van der Waals surface area contributed by atoms with Gasteiger partial charge in [-0.15, -0.1) is 0 Å². The first-order valence-electron chi connectivity index (χ1n) is 4.26. The molecule has 0 heterocycles. The molecule has 1 N–H and O–H groups in total. The smallest absolute Gasteiger partial charge is 0.422 e. The number of alkyl halides is 3. The molecule has 1 aliphatic rings. The standard InChI is InChI=1S/C9H10BrF3O2/c1-8(2)4(6(8)7(14)15)3-5(10)9(11,12)13/h3-4,6H,1-2H3,(H,14,15)/b5-3+/t4-,6-/m0/s1. The Kier molecular flexibility index (Phi) is 2.93. The molecule has 0 unspecified atom stereocenters. The molecule has 0 aliphatic heterocycles. The van der Waals surface area contributed by atoms with E-state index in [2.05, 4.69) is 15.9 Å². The van der Waals surface area contributed by atoms with Crippen LogP contribution < -0.4 is 0 Å². The molecule has 1 saturated carbocycles. The molecular formula is C9H10BrF3O2. The summed E-state index contributed by atoms with van der Waals surface area (Å²) in [4.78, 5) is 10.7. The second kappa shape index (κ2) is 3.50. The SMILES string of the molecule is CC1(C)[C@H](C(=O)O)[C@@H]1/C=C(/Br)C(F)(F)F. The molecule has 0 amide bonds. The number of halogens is 4. The molecule has 6 heteroatoms. The topological polar surface area (TPSA) is 37.3 Å². The van der Waals surface area contributed by atoms with Crippen LogP contribution in [0.1, 0.15) is 13.8 Å². The van der Waals surface area contributed by atoms with Gasteiger partial charge in [0.05, 0.1) is 10.4 Å². The van der Waals surface area contributed by atoms with E-state index in [1.807, 2.05) is 0 Å². The van der Waals surface area contributed by atoms with Crippen molar-refractivity contribution in [1.29, 1.82) is 0 Å². The van der Waals surface area contributed by atoms with Crippen LogP contribution in [-0.2, 0) is 4.79 Å². The summed E-state index contributed by atoms with van der Waals surface area (Å²) < 4.78 is 35.6. The molecule has 0 saturated heterocycles. The van der Waals surface area contributed by atoms with Gasteiger partial charge in [0.25, 0.3) is 0 Å². The van der Waals surface area contributed by atoms with Crippen LogP contribution in [0, 0.1) is 17.3 Å². The average Bonchev–Trinajstić information content (AvgIpc) is 2.50. The Morgan fingerprint density at radius 3 is 2.20 bits per heavy atom. The lowest BCUT2D eigenvalue weighted by Crippen LogP contribution is -2.07. The highest BCUT2D eigenvalue weighted by molar-refractivity contribution is 9.11. The van der Waals surface area contributed by atoms with Crippen LogP contribution in [0.25, 0.3) is 0 Å². The fourth-order valence-corrected chi connectivity index (χ4v) is 2.00. The summed E-state index contributed by atoms with van der Waals surface area (Å²) in [5.41, 5.74) is -0.601. The van der Waals surface area contributed by atoms with E-state index in [9.17, 15) is 18.0 Å². The van der Waals surface area contributed by atoms with Crippen LogP contribution in [-0.4, -0.2) is 17.3 Å². The Labute approximate surface area is 93.3 Å². The summed E-state index contributed by atoms with van der Waals surface area (Å²) in [6, 6.07) is 0. The molecule has 0 aromatic carbocycles. The van der Waals surface area contributed by atoms with Crippen LogP contribution in [0.3, 0.4) is 0 Å². The van der Waals surface area contributed by atoms with E-state index in [1.54, 1.807) is 13.8 Å². The highest BCUT2D eigenvalue weighted by atomic mass is 79.9. The van der Waals surface area contributed by atoms with E-state index >= 15 is 0 Å². The third-order valence-electron chi connectivity index (χ3n) is 2.77. The van der Waals surface area contributed by atoms with Crippen molar-refractivity contribution >= 4 is 21.9 Å². The van der Waals surface area contributed by atoms with Crippen LogP contribution in [0.15, 0.2) is 10.6 Å². The summed E-state index contributed by atoms with van der Waals surface area (Å²) in [6.07, 6.45) is -3.50. The van der Waals surface area contributed by atoms with Gasteiger partial charge in [-0.3, -0.25) is 4.79 Å². The number of carboxylic acid groups (broad SMARTS) is 1. The molecule has 15 heavy (non-hydrogen) atoms. The Hall–Kier alpha value is -0.520. The maximum atomic E-state index is 12.2. The summed E-state index contributed by atoms with van der Waals surface area (Å²) >= 11 is 2.41. The van der Waals surface area contributed by atoms with Gasteiger partial charge < -0.3 is 5.11 Å². The number of aliphatic carboxylic acids is 1. The number of carboxylic acids is 1. The van der Waals surface area contributed by atoms with Crippen molar-refractivity contribution in [1.82, 2.24) is 0 Å². The minimum absolute atomic E-state index is 0.564. The lowest BCUT2D eigenvalue weighted by atomic mass is 10.1. The molecule has 0 aromatic rings. The van der Waals surface area contributed by atoms with Gasteiger partial charge in [-0.05, 0) is 27.3 Å². The fraction of sp³-hybridized carbons (Fsp3) is 0.667. The van der Waals surface area contributed by atoms with Crippen molar-refractivity contribution in [3.8, 4) is 0 Å². The zero-order valence-corrected chi connectivity index (χ0v) is 9.69. The van der Waals surface area contributed by atoms with E-state index in [-0.39, 0.29) is 0 Å². The van der Waals surface area contributed by atoms with Crippen LogP contribution in [0.5, 0.6) is 0 Å². The molecule has 1 rings (SSSR count). The van der Waals surface area contributed by atoms with E-state index in [1.165, 1.54) is 0 Å². The van der Waals surface area contributed by atoms with E-state index < -0.39 is 33.9 Å². The molecule has 0 aromatic heterocycles. The average molecular weight is 287 g/mol. The Morgan fingerprint density at radius 2 is 1.93 bits per heavy atom. The molecule has 0 spiro atoms. The third-order valence-corrected chi connectivity index (χ3v) is 3.49. The van der Waals surface area contributed by atoms with Crippen molar-refractivity contribution in [2.45, 2.75) is 20.0 Å². The van der Waals surface area contributed by atoms with Crippen LogP contribution in [0.4, 0.5) is 13.2 Å². The Balaban J connectivity index is 2.83. The zero-order chi connectivity index (χ0) is 12.0. The van der Waals surface area contributed by atoms with E-state index in [0.29, 0.717) is 0 Å². The third kappa shape index (κ3) is 2.35. The molecule has 1 fully saturated rings. The van der Waals surface area contributed by atoms with E-state index in [0.717, 1.165) is 6.08 Å². The fourth-order valence-electron chi connectivity index (χ4n) is 1.71. The van der Waals surface area contributed by atoms with Crippen molar-refractivity contribution in [3.05, 3.63) is 10.6 Å². The molecular weight excluding hydrogens is 277 g/mol. The normalized spacial score (nSPS) is 30.1. The summed E-state index contributed by atoms with van der Waals surface area (Å²) in [5.74, 6) is -2.35. The molecule has 2 nitrogen and oxygen atoms in total. The zero-order valence-electron chi connectivity index (χ0n) is 8.10. The second-order valence-corrected chi connectivity index (χ2v) is 5.03. The highest BCUT2D eigenvalue weighted by Gasteiger charge is 2.61. The first-order valence-corrected chi connectivity index (χ1v) is 5.05. The lowest BCUT2D eigenvalue weighted by molar-refractivity contribution is -0.139. The van der Waals surface area contributed by atoms with Gasteiger partial charge in [-0.1, -0.05) is 19.9 Å². The largest absolute Gasteiger partial charge is 0.481 e. The second-order valence-electron chi connectivity index (χ2n) is 4.18. The van der Waals surface area contributed by atoms with Gasteiger partial charge in [0.1, 0.15) is 0 Å². The van der Waals surface area contributed by atoms with Crippen molar-refractivity contribution in [3.63, 3.8) is 0 Å². The lowest BCUT2D eigenvalue weighted by Gasteiger charge is -2.04. The van der Waals surface area contributed by atoms with Crippen LogP contribution >= 0.6 is 15.9 Å². The first kappa shape index (κ1) is 12.5. The number of hydrogen-bond acceptors (Lipinski definition) is 1. The summed E-state index contributed by atoms with van der Waals surface area (Å²) in [7, 11) is 0. The van der Waals surface area contributed by atoms with E-state index in [4.69, 9.17) is 5.11 Å². The monoisotopic (exact) mass is 286 g/mol. The number of allylic oxidation sites excluding steroid dienone is 2. The van der Waals surface area contributed by atoms with Gasteiger partial charge in [-0.2, -0.15) is 13.2 Å². The predicted octanol–water partition coefficient (Wildman–Crippen LogP) is 3.18. The summed E-state index contributed by atoms with van der Waals surface area (Å²) in [6.45, 7) is 3.28. The highest BCUT2D eigenvalue weighted by Crippen LogP contribution is 2.60. The van der Waals surface area contributed by atoms with Crippen molar-refractivity contribution in [2.75, 3.05) is 0 Å². The van der Waals surface area contributed by atoms with Gasteiger partial charge >= 0.3 is 12.1 Å². The minimum atomic E-state index is -4.44.